The van der Waals surface area contributed by atoms with E-state index < -0.39 is 18.0 Å². The summed E-state index contributed by atoms with van der Waals surface area (Å²) in [4.78, 5) is 25.7. The highest BCUT2D eigenvalue weighted by Gasteiger charge is 2.26. The molecule has 5 nitrogen and oxygen atoms in total. The van der Waals surface area contributed by atoms with Gasteiger partial charge in [-0.05, 0) is 30.0 Å². The molecule has 1 atom stereocenters. The van der Waals surface area contributed by atoms with E-state index in [0.717, 1.165) is 10.8 Å². The van der Waals surface area contributed by atoms with Crippen molar-refractivity contribution in [2.45, 2.75) is 19.5 Å². The number of carboxylic acid groups (broad SMARTS) is 1. The number of hydrogen-bond donors (Lipinski definition) is 2. The molecule has 1 unspecified atom stereocenters. The fourth-order valence-corrected chi connectivity index (χ4v) is 3.04. The molecule has 3 aromatic rings. The summed E-state index contributed by atoms with van der Waals surface area (Å²) in [6.07, 6.45) is 0. The third kappa shape index (κ3) is 4.20. The van der Waals surface area contributed by atoms with Gasteiger partial charge in [-0.2, -0.15) is 0 Å². The van der Waals surface area contributed by atoms with Crippen LogP contribution in [0, 0.1) is 0 Å². The molecule has 0 saturated carbocycles. The van der Waals surface area contributed by atoms with Gasteiger partial charge >= 0.3 is 12.0 Å². The Kier molecular flexibility index (Phi) is 5.62. The van der Waals surface area contributed by atoms with Crippen molar-refractivity contribution in [2.24, 2.45) is 0 Å². The number of fused-ring (bicyclic) bond motifs is 1. The van der Waals surface area contributed by atoms with E-state index in [0.29, 0.717) is 16.3 Å². The minimum absolute atomic E-state index is 0.0870. The third-order valence-corrected chi connectivity index (χ3v) is 4.78. The Bertz CT molecular complexity index is 985. The molecule has 138 valence electrons. The number of urea groups is 1. The molecule has 0 aliphatic heterocycles. The zero-order valence-corrected chi connectivity index (χ0v) is 15.5. The molecule has 0 heterocycles. The summed E-state index contributed by atoms with van der Waals surface area (Å²) in [5.74, 6) is -1.09. The SMILES string of the molecule is CC(C(=O)O)N(Cc1ccccc1Cl)C(=O)Nc1cccc2ccccc12. The number of halogens is 1. The maximum absolute atomic E-state index is 12.9. The predicted molar refractivity (Wildman–Crippen MR) is 107 cm³/mol. The van der Waals surface area contributed by atoms with Crippen molar-refractivity contribution in [3.8, 4) is 0 Å². The van der Waals surface area contributed by atoms with Crippen molar-refractivity contribution in [1.29, 1.82) is 0 Å². The number of aliphatic carboxylic acids is 1. The second-order valence-electron chi connectivity index (χ2n) is 6.19. The molecule has 0 saturated heterocycles. The molecule has 3 aromatic carbocycles. The van der Waals surface area contributed by atoms with Crippen molar-refractivity contribution < 1.29 is 14.7 Å². The van der Waals surface area contributed by atoms with E-state index in [1.165, 1.54) is 11.8 Å². The summed E-state index contributed by atoms with van der Waals surface area (Å²) in [6.45, 7) is 1.56. The normalized spacial score (nSPS) is 11.8. The van der Waals surface area contributed by atoms with Gasteiger partial charge in [-0.3, -0.25) is 0 Å². The van der Waals surface area contributed by atoms with Gasteiger partial charge in [-0.15, -0.1) is 0 Å². The quantitative estimate of drug-likeness (QED) is 0.652. The molecule has 27 heavy (non-hydrogen) atoms. The zero-order valence-electron chi connectivity index (χ0n) is 14.7. The van der Waals surface area contributed by atoms with E-state index in [2.05, 4.69) is 5.32 Å². The van der Waals surface area contributed by atoms with Crippen LogP contribution in [0.5, 0.6) is 0 Å². The number of hydrogen-bond acceptors (Lipinski definition) is 2. The Labute approximate surface area is 162 Å². The number of carbonyl (C=O) groups is 2. The Hall–Kier alpha value is -3.05. The van der Waals surface area contributed by atoms with Gasteiger partial charge in [-0.1, -0.05) is 66.2 Å². The highest BCUT2D eigenvalue weighted by Crippen LogP contribution is 2.24. The summed E-state index contributed by atoms with van der Waals surface area (Å²) in [5.41, 5.74) is 1.31. The summed E-state index contributed by atoms with van der Waals surface area (Å²) in [5, 5.41) is 14.6. The number of amides is 2. The Morgan fingerprint density at radius 1 is 1.04 bits per heavy atom. The number of nitrogens with one attached hydrogen (secondary N) is 1. The lowest BCUT2D eigenvalue weighted by Gasteiger charge is -2.27. The summed E-state index contributed by atoms with van der Waals surface area (Å²) < 4.78 is 0. The first-order valence-corrected chi connectivity index (χ1v) is 8.87. The first-order valence-electron chi connectivity index (χ1n) is 8.49. The molecule has 0 aliphatic carbocycles. The number of carboxylic acids is 1. The Morgan fingerprint density at radius 2 is 1.70 bits per heavy atom. The number of anilines is 1. The number of carbonyl (C=O) groups excluding carboxylic acids is 1. The van der Waals surface area contributed by atoms with E-state index in [9.17, 15) is 14.7 Å². The molecule has 3 rings (SSSR count). The first kappa shape index (κ1) is 18.7. The monoisotopic (exact) mass is 382 g/mol. The topological polar surface area (TPSA) is 69.6 Å². The average Bonchev–Trinajstić information content (AvgIpc) is 2.67. The van der Waals surface area contributed by atoms with Gasteiger partial charge in [0.05, 0.1) is 5.69 Å². The van der Waals surface area contributed by atoms with Gasteiger partial charge in [0.2, 0.25) is 0 Å². The number of nitrogens with zero attached hydrogens (tertiary/aromatic N) is 1. The molecule has 0 fully saturated rings. The van der Waals surface area contributed by atoms with Gasteiger partial charge in [0, 0.05) is 17.0 Å². The van der Waals surface area contributed by atoms with Crippen LogP contribution in [0.4, 0.5) is 10.5 Å². The Balaban J connectivity index is 1.90. The highest BCUT2D eigenvalue weighted by atomic mass is 35.5. The van der Waals surface area contributed by atoms with E-state index >= 15 is 0 Å². The molecule has 0 aromatic heterocycles. The fraction of sp³-hybridized carbons (Fsp3) is 0.143. The molecule has 6 heteroatoms. The van der Waals surface area contributed by atoms with Crippen molar-refractivity contribution in [3.05, 3.63) is 77.3 Å². The second-order valence-corrected chi connectivity index (χ2v) is 6.60. The largest absolute Gasteiger partial charge is 0.480 e. The lowest BCUT2D eigenvalue weighted by Crippen LogP contribution is -2.45. The predicted octanol–water partition coefficient (Wildman–Crippen LogP) is 5.00. The van der Waals surface area contributed by atoms with Crippen molar-refractivity contribution in [2.75, 3.05) is 5.32 Å². The van der Waals surface area contributed by atoms with Crippen molar-refractivity contribution >= 4 is 40.1 Å². The smallest absolute Gasteiger partial charge is 0.326 e. The van der Waals surface area contributed by atoms with Crippen LogP contribution in [0.15, 0.2) is 66.7 Å². The van der Waals surface area contributed by atoms with Crippen LogP contribution in [0.3, 0.4) is 0 Å². The van der Waals surface area contributed by atoms with Gasteiger partial charge < -0.3 is 15.3 Å². The molecule has 0 bridgehead atoms. The highest BCUT2D eigenvalue weighted by molar-refractivity contribution is 6.31. The standard InChI is InChI=1S/C21H19ClN2O3/c1-14(20(25)26)24(13-16-8-3-5-11-18(16)22)21(27)23-19-12-6-9-15-7-2-4-10-17(15)19/h2-12,14H,13H2,1H3,(H,23,27)(H,25,26). The molecule has 2 N–H and O–H groups in total. The number of rotatable bonds is 5. The van der Waals surface area contributed by atoms with Crippen molar-refractivity contribution in [1.82, 2.24) is 4.90 Å². The molecular formula is C21H19ClN2O3. The van der Waals surface area contributed by atoms with Crippen LogP contribution in [-0.2, 0) is 11.3 Å². The summed E-state index contributed by atoms with van der Waals surface area (Å²) in [6, 6.07) is 18.8. The lowest BCUT2D eigenvalue weighted by atomic mass is 10.1. The first-order chi connectivity index (χ1) is 13.0. The molecule has 0 spiro atoms. The van der Waals surface area contributed by atoms with Crippen LogP contribution in [0.2, 0.25) is 5.02 Å². The second kappa shape index (κ2) is 8.10. The molecule has 2 amide bonds. The van der Waals surface area contributed by atoms with Crippen LogP contribution < -0.4 is 5.32 Å². The molecule has 0 radical (unpaired) electrons. The third-order valence-electron chi connectivity index (χ3n) is 4.42. The van der Waals surface area contributed by atoms with Crippen LogP contribution in [0.25, 0.3) is 10.8 Å². The van der Waals surface area contributed by atoms with Crippen molar-refractivity contribution in [3.63, 3.8) is 0 Å². The van der Waals surface area contributed by atoms with Gasteiger partial charge in [0.15, 0.2) is 0 Å². The molecule has 0 aliphatic rings. The zero-order chi connectivity index (χ0) is 19.4. The van der Waals surface area contributed by atoms with E-state index in [1.54, 1.807) is 30.3 Å². The van der Waals surface area contributed by atoms with E-state index in [1.807, 2.05) is 36.4 Å². The summed E-state index contributed by atoms with van der Waals surface area (Å²) >= 11 is 6.19. The fourth-order valence-electron chi connectivity index (χ4n) is 2.85. The van der Waals surface area contributed by atoms with Crippen LogP contribution >= 0.6 is 11.6 Å². The lowest BCUT2D eigenvalue weighted by molar-refractivity contribution is -0.141. The minimum atomic E-state index is -1.09. The minimum Gasteiger partial charge on any atom is -0.480 e. The van der Waals surface area contributed by atoms with Gasteiger partial charge in [-0.25, -0.2) is 9.59 Å². The number of benzene rings is 3. The van der Waals surface area contributed by atoms with Gasteiger partial charge in [0.1, 0.15) is 6.04 Å². The van der Waals surface area contributed by atoms with E-state index in [-0.39, 0.29) is 6.54 Å². The summed E-state index contributed by atoms with van der Waals surface area (Å²) in [7, 11) is 0. The van der Waals surface area contributed by atoms with Crippen LogP contribution in [-0.4, -0.2) is 28.0 Å². The molecular weight excluding hydrogens is 364 g/mol. The maximum atomic E-state index is 12.9. The maximum Gasteiger partial charge on any atom is 0.326 e. The van der Waals surface area contributed by atoms with Crippen LogP contribution in [0.1, 0.15) is 12.5 Å². The van der Waals surface area contributed by atoms with E-state index in [4.69, 9.17) is 11.6 Å². The average molecular weight is 383 g/mol. The van der Waals surface area contributed by atoms with Gasteiger partial charge in [0.25, 0.3) is 0 Å². The Morgan fingerprint density at radius 3 is 2.44 bits per heavy atom.